The van der Waals surface area contributed by atoms with Crippen LogP contribution in [0.15, 0.2) is 11.6 Å². The predicted molar refractivity (Wildman–Crippen MR) is 145 cm³/mol. The number of carboxylic acids is 1. The molecule has 0 aliphatic heterocycles. The van der Waals surface area contributed by atoms with Gasteiger partial charge in [-0.25, -0.2) is 0 Å². The molecule has 0 heterocycles. The first-order valence-electron chi connectivity index (χ1n) is 15.0. The van der Waals surface area contributed by atoms with Gasteiger partial charge in [-0.2, -0.15) is 0 Å². The number of rotatable bonds is 5. The van der Waals surface area contributed by atoms with Crippen LogP contribution in [0.4, 0.5) is 0 Å². The molecule has 12 atom stereocenters. The van der Waals surface area contributed by atoms with Crippen molar-refractivity contribution in [3.63, 3.8) is 0 Å². The summed E-state index contributed by atoms with van der Waals surface area (Å²) in [6.07, 6.45) is 7.42. The van der Waals surface area contributed by atoms with E-state index in [1.54, 1.807) is 0 Å². The van der Waals surface area contributed by atoms with Crippen molar-refractivity contribution in [3.8, 4) is 0 Å². The number of aliphatic hydroxyl groups is 2. The Hall–Kier alpha value is -1.40. The lowest BCUT2D eigenvalue weighted by atomic mass is 9.36. The van der Waals surface area contributed by atoms with Gasteiger partial charge in [0.05, 0.1) is 17.6 Å². The Morgan fingerprint density at radius 3 is 2.29 bits per heavy atom. The SMILES string of the molecule is CC(=O)O[C@H]1C[C@@]2(C)C(CC(O)[C@@H]3C2(C)CCC2C(C)C(O)CC[C@@]23C)C12CC2(CCC=C(C)C)C(=O)O. The van der Waals surface area contributed by atoms with E-state index >= 15 is 0 Å². The molecule has 8 unspecified atom stereocenters. The minimum Gasteiger partial charge on any atom is -0.481 e. The van der Waals surface area contributed by atoms with E-state index in [0.29, 0.717) is 38.0 Å². The van der Waals surface area contributed by atoms with E-state index in [4.69, 9.17) is 4.74 Å². The van der Waals surface area contributed by atoms with Crippen LogP contribution in [0.2, 0.25) is 0 Å². The third-order valence-corrected chi connectivity index (χ3v) is 13.4. The Morgan fingerprint density at radius 2 is 1.68 bits per heavy atom. The summed E-state index contributed by atoms with van der Waals surface area (Å²) in [5.74, 6) is -0.514. The maximum Gasteiger partial charge on any atom is 0.310 e. The minimum atomic E-state index is -0.936. The molecule has 5 saturated carbocycles. The zero-order valence-electron chi connectivity index (χ0n) is 24.5. The molecule has 5 aliphatic carbocycles. The van der Waals surface area contributed by atoms with Crippen molar-refractivity contribution in [3.05, 3.63) is 11.6 Å². The summed E-state index contributed by atoms with van der Waals surface area (Å²) in [7, 11) is 0. The molecule has 0 amide bonds. The summed E-state index contributed by atoms with van der Waals surface area (Å²) in [6.45, 7) is 14.7. The Labute approximate surface area is 228 Å². The van der Waals surface area contributed by atoms with E-state index in [2.05, 4.69) is 33.8 Å². The second-order valence-electron chi connectivity index (χ2n) is 15.0. The van der Waals surface area contributed by atoms with Crippen molar-refractivity contribution in [2.75, 3.05) is 0 Å². The molecule has 3 N–H and O–H groups in total. The quantitative estimate of drug-likeness (QED) is 0.309. The highest BCUT2D eigenvalue weighted by Gasteiger charge is 2.86. The molecule has 1 spiro atoms. The van der Waals surface area contributed by atoms with Crippen molar-refractivity contribution in [1.82, 2.24) is 0 Å². The second-order valence-corrected chi connectivity index (χ2v) is 15.0. The maximum atomic E-state index is 13.0. The number of aliphatic hydroxyl groups excluding tert-OH is 2. The molecule has 6 heteroatoms. The molecule has 0 radical (unpaired) electrons. The monoisotopic (exact) mass is 530 g/mol. The number of allylic oxidation sites excluding steroid dienone is 2. The van der Waals surface area contributed by atoms with E-state index in [0.717, 1.165) is 25.7 Å². The first-order valence-corrected chi connectivity index (χ1v) is 15.0. The van der Waals surface area contributed by atoms with Crippen LogP contribution in [0, 0.1) is 50.7 Å². The summed E-state index contributed by atoms with van der Waals surface area (Å²) >= 11 is 0. The molecule has 0 aromatic carbocycles. The highest BCUT2D eigenvalue weighted by atomic mass is 16.5. The minimum absolute atomic E-state index is 0.0230. The number of esters is 1. The summed E-state index contributed by atoms with van der Waals surface area (Å²) in [5, 5.41) is 33.4. The van der Waals surface area contributed by atoms with Crippen LogP contribution in [0.3, 0.4) is 0 Å². The molecule has 214 valence electrons. The van der Waals surface area contributed by atoms with Crippen LogP contribution in [-0.2, 0) is 14.3 Å². The van der Waals surface area contributed by atoms with Crippen LogP contribution in [0.1, 0.15) is 106 Å². The average Bonchev–Trinajstić information content (AvgIpc) is 3.42. The van der Waals surface area contributed by atoms with Crippen molar-refractivity contribution < 1.29 is 29.6 Å². The molecule has 5 rings (SSSR count). The standard InChI is InChI=1S/C32H50O6/c1-18(2)9-8-12-31(27(36)37)17-32(31)24-15-23(35)26-28(5)13-11-22(34)19(3)21(28)10-14-29(26,6)30(24,7)16-25(32)38-20(4)33/h9,19,21-26,34-35H,8,10-17H2,1-7H3,(H,36,37)/t19?,21?,22?,23?,24?,25-,26-,28-,29?,30-,31?,32?/m0/s1. The summed E-state index contributed by atoms with van der Waals surface area (Å²) in [6, 6.07) is 0. The Balaban J connectivity index is 1.59. The molecule has 0 saturated heterocycles. The van der Waals surface area contributed by atoms with Gasteiger partial charge in [0.2, 0.25) is 0 Å². The van der Waals surface area contributed by atoms with E-state index < -0.39 is 29.0 Å². The van der Waals surface area contributed by atoms with Crippen LogP contribution in [-0.4, -0.2) is 45.6 Å². The van der Waals surface area contributed by atoms with E-state index in [1.807, 2.05) is 13.8 Å². The van der Waals surface area contributed by atoms with E-state index in [1.165, 1.54) is 12.5 Å². The predicted octanol–water partition coefficient (Wildman–Crippen LogP) is 5.75. The van der Waals surface area contributed by atoms with Gasteiger partial charge in [0.15, 0.2) is 0 Å². The first kappa shape index (κ1) is 28.1. The summed E-state index contributed by atoms with van der Waals surface area (Å²) in [4.78, 5) is 25.4. The average molecular weight is 531 g/mol. The Bertz CT molecular complexity index is 1030. The molecule has 0 bridgehead atoms. The normalized spacial score (nSPS) is 52.9. The van der Waals surface area contributed by atoms with Gasteiger partial charge in [-0.15, -0.1) is 0 Å². The number of fused-ring (bicyclic) bond motifs is 6. The first-order chi connectivity index (χ1) is 17.6. The lowest BCUT2D eigenvalue weighted by Gasteiger charge is -2.69. The summed E-state index contributed by atoms with van der Waals surface area (Å²) < 4.78 is 6.07. The van der Waals surface area contributed by atoms with Crippen LogP contribution in [0.25, 0.3) is 0 Å². The number of carbonyl (C=O) groups excluding carboxylic acids is 1. The molecular formula is C32H50O6. The fraction of sp³-hybridized carbons (Fsp3) is 0.875. The number of aliphatic carboxylic acids is 1. The lowest BCUT2D eigenvalue weighted by Crippen LogP contribution is -2.66. The van der Waals surface area contributed by atoms with Gasteiger partial charge in [-0.1, -0.05) is 39.3 Å². The maximum absolute atomic E-state index is 13.0. The van der Waals surface area contributed by atoms with Gasteiger partial charge in [-0.05, 0) is 112 Å². The molecule has 5 aliphatic rings. The summed E-state index contributed by atoms with van der Waals surface area (Å²) in [5.41, 5.74) is -0.946. The Morgan fingerprint density at radius 1 is 1.00 bits per heavy atom. The van der Waals surface area contributed by atoms with Crippen molar-refractivity contribution in [1.29, 1.82) is 0 Å². The number of carbonyl (C=O) groups is 2. The third kappa shape index (κ3) is 3.44. The Kier molecular flexibility index (Phi) is 6.52. The molecular weight excluding hydrogens is 480 g/mol. The number of ether oxygens (including phenoxy) is 1. The van der Waals surface area contributed by atoms with Crippen LogP contribution >= 0.6 is 0 Å². The highest BCUT2D eigenvalue weighted by molar-refractivity contribution is 5.81. The van der Waals surface area contributed by atoms with Gasteiger partial charge in [0, 0.05) is 12.3 Å². The van der Waals surface area contributed by atoms with Gasteiger partial charge < -0.3 is 20.1 Å². The van der Waals surface area contributed by atoms with E-state index in [9.17, 15) is 24.9 Å². The molecule has 38 heavy (non-hydrogen) atoms. The number of hydrogen-bond donors (Lipinski definition) is 3. The van der Waals surface area contributed by atoms with Crippen molar-refractivity contribution in [2.24, 2.45) is 50.7 Å². The van der Waals surface area contributed by atoms with Crippen LogP contribution in [0.5, 0.6) is 0 Å². The van der Waals surface area contributed by atoms with E-state index in [-0.39, 0.29) is 46.1 Å². The number of carboxylic acid groups (broad SMARTS) is 1. The van der Waals surface area contributed by atoms with Gasteiger partial charge in [0.25, 0.3) is 0 Å². The van der Waals surface area contributed by atoms with Crippen molar-refractivity contribution in [2.45, 2.75) is 125 Å². The molecule has 6 nitrogen and oxygen atoms in total. The third-order valence-electron chi connectivity index (χ3n) is 13.4. The smallest absolute Gasteiger partial charge is 0.310 e. The zero-order chi connectivity index (χ0) is 28.1. The lowest BCUT2D eigenvalue weighted by molar-refractivity contribution is -0.241. The fourth-order valence-corrected chi connectivity index (χ4v) is 11.6. The van der Waals surface area contributed by atoms with Crippen LogP contribution < -0.4 is 0 Å². The zero-order valence-corrected chi connectivity index (χ0v) is 24.5. The van der Waals surface area contributed by atoms with Crippen molar-refractivity contribution >= 4 is 11.9 Å². The second kappa shape index (κ2) is 8.80. The van der Waals surface area contributed by atoms with Gasteiger partial charge in [0.1, 0.15) is 6.10 Å². The molecule has 0 aromatic rings. The molecule has 5 fully saturated rings. The topological polar surface area (TPSA) is 104 Å². The van der Waals surface area contributed by atoms with Gasteiger partial charge in [-0.3, -0.25) is 9.59 Å². The highest BCUT2D eigenvalue weighted by Crippen LogP contribution is 2.85. The molecule has 0 aromatic heterocycles. The fourth-order valence-electron chi connectivity index (χ4n) is 11.6. The largest absolute Gasteiger partial charge is 0.481 e. The number of hydrogen-bond acceptors (Lipinski definition) is 5. The van der Waals surface area contributed by atoms with Gasteiger partial charge >= 0.3 is 11.9 Å².